The Morgan fingerprint density at radius 2 is 1.85 bits per heavy atom. The highest BCUT2D eigenvalue weighted by atomic mass is 35.5. The third-order valence-corrected chi connectivity index (χ3v) is 6.23. The molecule has 7 heteroatoms. The Balaban J connectivity index is 1.83. The second-order valence-corrected chi connectivity index (χ2v) is 8.71. The molecule has 6 nitrogen and oxygen atoms in total. The van der Waals surface area contributed by atoms with Crippen LogP contribution in [0.3, 0.4) is 0 Å². The van der Waals surface area contributed by atoms with Gasteiger partial charge in [-0.2, -0.15) is 5.10 Å². The van der Waals surface area contributed by atoms with Gasteiger partial charge in [-0.15, -0.1) is 0 Å². The van der Waals surface area contributed by atoms with Crippen LogP contribution in [0.4, 0.5) is 5.69 Å². The molecule has 2 aromatic carbocycles. The van der Waals surface area contributed by atoms with Gasteiger partial charge in [-0.1, -0.05) is 30.7 Å². The van der Waals surface area contributed by atoms with Crippen molar-refractivity contribution < 1.29 is 4.79 Å². The van der Waals surface area contributed by atoms with E-state index in [9.17, 15) is 9.59 Å². The van der Waals surface area contributed by atoms with Crippen LogP contribution in [0.15, 0.2) is 83.4 Å². The number of carbonyl (C=O) groups is 1. The van der Waals surface area contributed by atoms with Crippen LogP contribution in [-0.4, -0.2) is 41.7 Å². The van der Waals surface area contributed by atoms with Crippen LogP contribution >= 0.6 is 11.6 Å². The quantitative estimate of drug-likeness (QED) is 0.509. The first-order chi connectivity index (χ1) is 15.8. The molecule has 33 heavy (non-hydrogen) atoms. The molecule has 0 spiro atoms. The van der Waals surface area contributed by atoms with Crippen molar-refractivity contribution in [3.05, 3.63) is 105 Å². The number of hydrogen-bond acceptors (Lipinski definition) is 3. The lowest BCUT2D eigenvalue weighted by Crippen LogP contribution is -2.41. The van der Waals surface area contributed by atoms with Crippen LogP contribution in [0.5, 0.6) is 0 Å². The lowest BCUT2D eigenvalue weighted by Gasteiger charge is -2.33. The van der Waals surface area contributed by atoms with Crippen molar-refractivity contribution in [1.82, 2.24) is 19.2 Å². The molecule has 3 aromatic rings. The van der Waals surface area contributed by atoms with E-state index in [1.807, 2.05) is 48.6 Å². The van der Waals surface area contributed by atoms with Gasteiger partial charge >= 0.3 is 0 Å². The third-order valence-electron chi connectivity index (χ3n) is 5.99. The van der Waals surface area contributed by atoms with E-state index in [4.69, 9.17) is 16.7 Å². The Hall–Kier alpha value is -3.48. The van der Waals surface area contributed by atoms with Crippen molar-refractivity contribution in [2.24, 2.45) is 0 Å². The maximum atomic E-state index is 13.0. The molecule has 0 radical (unpaired) electrons. The molecule has 168 valence electrons. The average Bonchev–Trinajstić information content (AvgIpc) is 3.16. The number of allylic oxidation sites excluding steroid dienone is 3. The predicted octanol–water partition coefficient (Wildman–Crippen LogP) is 4.87. The van der Waals surface area contributed by atoms with Crippen LogP contribution < -0.4 is 9.91 Å². The van der Waals surface area contributed by atoms with Gasteiger partial charge in [0, 0.05) is 67.7 Å². The molecular weight excluding hydrogens is 436 g/mol. The number of quaternary nitrogens is 1. The molecule has 0 aliphatic carbocycles. The number of nitrogens with zero attached hydrogens (tertiary/aromatic N) is 4. The summed E-state index contributed by atoms with van der Waals surface area (Å²) in [5, 5.41) is 5.34. The zero-order valence-electron chi connectivity index (χ0n) is 19.1. The molecule has 0 N–H and O–H groups in total. The first kappa shape index (κ1) is 22.7. The Labute approximate surface area is 198 Å². The van der Waals surface area contributed by atoms with Gasteiger partial charge in [0.2, 0.25) is 5.43 Å². The molecule has 1 atom stereocenters. The maximum Gasteiger partial charge on any atom is 0.253 e. The fourth-order valence-electron chi connectivity index (χ4n) is 4.18. The van der Waals surface area contributed by atoms with Crippen LogP contribution in [0.2, 0.25) is 5.02 Å². The van der Waals surface area contributed by atoms with Crippen LogP contribution in [0.1, 0.15) is 29.4 Å². The second kappa shape index (κ2) is 8.81. The van der Waals surface area contributed by atoms with E-state index in [-0.39, 0.29) is 11.3 Å². The van der Waals surface area contributed by atoms with E-state index >= 15 is 0 Å². The van der Waals surface area contributed by atoms with E-state index in [0.29, 0.717) is 26.5 Å². The minimum atomic E-state index is -0.171. The van der Waals surface area contributed by atoms with E-state index in [2.05, 4.69) is 14.0 Å². The molecule has 1 amide bonds. The number of rotatable bonds is 5. The van der Waals surface area contributed by atoms with E-state index in [1.165, 1.54) is 11.0 Å². The molecule has 1 aromatic heterocycles. The standard InChI is InChI=1S/C26H26ClN4O2/c1-5-21-12-13-23(31(21,4)22-11-7-9-19(27)17-22)25-24(32)14-15-30(28-25)20-10-6-8-18(16-20)26(33)29(2)3/h6-17H,5H2,1-4H3/q+1. The molecule has 0 fully saturated rings. The molecule has 0 saturated heterocycles. The number of hydrogen-bond donors (Lipinski definition) is 0. The number of benzene rings is 2. The highest BCUT2D eigenvalue weighted by molar-refractivity contribution is 6.30. The molecule has 0 bridgehead atoms. The van der Waals surface area contributed by atoms with Crippen LogP contribution in [0.25, 0.3) is 11.4 Å². The van der Waals surface area contributed by atoms with Crippen molar-refractivity contribution in [2.75, 3.05) is 21.1 Å². The zero-order chi connectivity index (χ0) is 23.8. The fourth-order valence-corrected chi connectivity index (χ4v) is 4.37. The minimum Gasteiger partial charge on any atom is -0.345 e. The second-order valence-electron chi connectivity index (χ2n) is 8.27. The highest BCUT2D eigenvalue weighted by Crippen LogP contribution is 2.41. The first-order valence-electron chi connectivity index (χ1n) is 10.7. The van der Waals surface area contributed by atoms with Crippen molar-refractivity contribution in [2.45, 2.75) is 13.3 Å². The summed E-state index contributed by atoms with van der Waals surface area (Å²) in [6.07, 6.45) is 6.43. The van der Waals surface area contributed by atoms with E-state index < -0.39 is 0 Å². The van der Waals surface area contributed by atoms with Gasteiger partial charge < -0.3 is 4.90 Å². The van der Waals surface area contributed by atoms with Gasteiger partial charge in [0.15, 0.2) is 11.4 Å². The number of aromatic nitrogens is 2. The molecule has 4 rings (SSSR count). The smallest absolute Gasteiger partial charge is 0.253 e. The predicted molar refractivity (Wildman–Crippen MR) is 133 cm³/mol. The SMILES string of the molecule is CCC1=CC=C(c2nn(-c3cccc(C(=O)N(C)C)c3)ccc2=O)[N+]1(C)c1cccc(Cl)c1. The van der Waals surface area contributed by atoms with Gasteiger partial charge in [-0.3, -0.25) is 9.59 Å². The van der Waals surface area contributed by atoms with E-state index in [0.717, 1.165) is 23.5 Å². The Bertz CT molecular complexity index is 1360. The summed E-state index contributed by atoms with van der Waals surface area (Å²) in [5.74, 6) is -0.0985. The summed E-state index contributed by atoms with van der Waals surface area (Å²) in [6, 6.07) is 16.4. The van der Waals surface area contributed by atoms with Gasteiger partial charge in [0.25, 0.3) is 5.91 Å². The number of amides is 1. The summed E-state index contributed by atoms with van der Waals surface area (Å²) in [4.78, 5) is 26.9. The summed E-state index contributed by atoms with van der Waals surface area (Å²) in [7, 11) is 5.48. The maximum absolute atomic E-state index is 13.0. The Kier molecular flexibility index (Phi) is 6.06. The lowest BCUT2D eigenvalue weighted by molar-refractivity contribution is 0.0827. The summed E-state index contributed by atoms with van der Waals surface area (Å²) in [6.45, 7) is 2.09. The molecule has 1 aliphatic heterocycles. The highest BCUT2D eigenvalue weighted by Gasteiger charge is 2.41. The van der Waals surface area contributed by atoms with Crippen LogP contribution in [0, 0.1) is 0 Å². The van der Waals surface area contributed by atoms with Gasteiger partial charge in [0.05, 0.1) is 12.7 Å². The van der Waals surface area contributed by atoms with Crippen molar-refractivity contribution in [3.63, 3.8) is 0 Å². The first-order valence-corrected chi connectivity index (χ1v) is 11.1. The number of carbonyl (C=O) groups excluding carboxylic acids is 1. The third kappa shape index (κ3) is 4.03. The molecule has 2 heterocycles. The monoisotopic (exact) mass is 461 g/mol. The largest absolute Gasteiger partial charge is 0.345 e. The topological polar surface area (TPSA) is 55.2 Å². The molecule has 1 aliphatic rings. The van der Waals surface area contributed by atoms with Crippen molar-refractivity contribution >= 4 is 28.9 Å². The number of halogens is 1. The van der Waals surface area contributed by atoms with Gasteiger partial charge in [-0.05, 0) is 24.3 Å². The molecule has 1 unspecified atom stereocenters. The molecular formula is C26H26ClN4O2+. The van der Waals surface area contributed by atoms with Gasteiger partial charge in [0.1, 0.15) is 11.4 Å². The Morgan fingerprint density at radius 3 is 2.55 bits per heavy atom. The zero-order valence-corrected chi connectivity index (χ0v) is 19.9. The van der Waals surface area contributed by atoms with Crippen LogP contribution in [-0.2, 0) is 0 Å². The lowest BCUT2D eigenvalue weighted by atomic mass is 10.1. The summed E-state index contributed by atoms with van der Waals surface area (Å²) in [5.41, 5.74) is 4.28. The molecule has 0 saturated carbocycles. The summed E-state index contributed by atoms with van der Waals surface area (Å²) >= 11 is 6.31. The minimum absolute atomic E-state index is 0.0985. The van der Waals surface area contributed by atoms with Gasteiger partial charge in [-0.25, -0.2) is 9.16 Å². The summed E-state index contributed by atoms with van der Waals surface area (Å²) < 4.78 is 1.96. The Morgan fingerprint density at radius 1 is 1.09 bits per heavy atom. The normalized spacial score (nSPS) is 17.5. The van der Waals surface area contributed by atoms with E-state index in [1.54, 1.807) is 37.1 Å². The van der Waals surface area contributed by atoms with Crippen molar-refractivity contribution in [3.8, 4) is 5.69 Å². The average molecular weight is 462 g/mol. The fraction of sp³-hybridized carbons (Fsp3) is 0.192. The van der Waals surface area contributed by atoms with Crippen molar-refractivity contribution in [1.29, 1.82) is 0 Å².